The van der Waals surface area contributed by atoms with Crippen LogP contribution in [0.15, 0.2) is 30.3 Å². The highest BCUT2D eigenvalue weighted by atomic mass is 16.5. The van der Waals surface area contributed by atoms with Crippen LogP contribution in [0.4, 0.5) is 0 Å². The van der Waals surface area contributed by atoms with E-state index in [9.17, 15) is 9.59 Å². The first-order chi connectivity index (χ1) is 9.11. The highest BCUT2D eigenvalue weighted by molar-refractivity contribution is 5.79. The van der Waals surface area contributed by atoms with E-state index in [1.165, 1.54) is 12.7 Å². The summed E-state index contributed by atoms with van der Waals surface area (Å²) in [6.45, 7) is 0.890. The van der Waals surface area contributed by atoms with E-state index in [-0.39, 0.29) is 25.0 Å². The Morgan fingerprint density at radius 3 is 2.53 bits per heavy atom. The zero-order valence-corrected chi connectivity index (χ0v) is 11.4. The third-order valence-corrected chi connectivity index (χ3v) is 2.62. The summed E-state index contributed by atoms with van der Waals surface area (Å²) < 4.78 is 4.53. The summed E-state index contributed by atoms with van der Waals surface area (Å²) in [7, 11) is 3.03. The van der Waals surface area contributed by atoms with E-state index < -0.39 is 0 Å². The fraction of sp³-hybridized carbons (Fsp3) is 0.429. The van der Waals surface area contributed by atoms with Crippen LogP contribution in [-0.2, 0) is 20.7 Å². The molecule has 1 amide bonds. The molecule has 0 aliphatic heterocycles. The number of nitrogens with one attached hydrogen (secondary N) is 1. The lowest BCUT2D eigenvalue weighted by Crippen LogP contribution is -2.38. The van der Waals surface area contributed by atoms with Crippen molar-refractivity contribution in [3.8, 4) is 0 Å². The van der Waals surface area contributed by atoms with Gasteiger partial charge in [0.2, 0.25) is 5.91 Å². The maximum Gasteiger partial charge on any atom is 0.319 e. The predicted octanol–water partition coefficient (Wildman–Crippen LogP) is 0.450. The Morgan fingerprint density at radius 1 is 1.21 bits per heavy atom. The Balaban J connectivity index is 2.19. The van der Waals surface area contributed by atoms with Gasteiger partial charge in [-0.2, -0.15) is 0 Å². The molecule has 0 aliphatic rings. The number of carbonyl (C=O) groups is 2. The number of methoxy groups -OCH3 is 1. The van der Waals surface area contributed by atoms with Gasteiger partial charge in [-0.3, -0.25) is 14.5 Å². The molecule has 0 fully saturated rings. The van der Waals surface area contributed by atoms with Gasteiger partial charge in [-0.05, 0) is 19.0 Å². The lowest BCUT2D eigenvalue weighted by molar-refractivity contribution is -0.141. The van der Waals surface area contributed by atoms with Gasteiger partial charge in [0.15, 0.2) is 0 Å². The summed E-state index contributed by atoms with van der Waals surface area (Å²) in [5, 5.41) is 2.82. The van der Waals surface area contributed by atoms with Crippen LogP contribution in [0, 0.1) is 0 Å². The minimum absolute atomic E-state index is 0.0951. The van der Waals surface area contributed by atoms with Crippen molar-refractivity contribution in [2.24, 2.45) is 0 Å². The van der Waals surface area contributed by atoms with E-state index in [2.05, 4.69) is 10.1 Å². The Morgan fingerprint density at radius 2 is 1.89 bits per heavy atom. The summed E-state index contributed by atoms with van der Waals surface area (Å²) in [5.74, 6) is -0.443. The lowest BCUT2D eigenvalue weighted by Gasteiger charge is -2.14. The number of ether oxygens (including phenoxy) is 1. The number of hydrogen-bond acceptors (Lipinski definition) is 4. The summed E-state index contributed by atoms with van der Waals surface area (Å²) in [4.78, 5) is 24.2. The number of likely N-dealkylation sites (N-methyl/N-ethyl adjacent to an activating group) is 1. The molecule has 0 saturated heterocycles. The quantitative estimate of drug-likeness (QED) is 0.726. The Labute approximate surface area is 113 Å². The fourth-order valence-corrected chi connectivity index (χ4v) is 1.63. The van der Waals surface area contributed by atoms with Gasteiger partial charge in [0.05, 0.1) is 20.2 Å². The normalized spacial score (nSPS) is 10.3. The van der Waals surface area contributed by atoms with E-state index >= 15 is 0 Å². The predicted molar refractivity (Wildman–Crippen MR) is 72.7 cm³/mol. The van der Waals surface area contributed by atoms with Crippen LogP contribution >= 0.6 is 0 Å². The molecule has 104 valence electrons. The molecule has 19 heavy (non-hydrogen) atoms. The monoisotopic (exact) mass is 264 g/mol. The molecule has 0 unspecified atom stereocenters. The van der Waals surface area contributed by atoms with E-state index in [0.29, 0.717) is 6.54 Å². The second-order valence-corrected chi connectivity index (χ2v) is 4.33. The Hall–Kier alpha value is -1.88. The zero-order valence-electron chi connectivity index (χ0n) is 11.4. The molecule has 1 N–H and O–H groups in total. The number of rotatable bonds is 7. The van der Waals surface area contributed by atoms with Crippen LogP contribution < -0.4 is 5.32 Å². The zero-order chi connectivity index (χ0) is 14.1. The maximum absolute atomic E-state index is 11.6. The SMILES string of the molecule is COC(=O)CN(C)CC(=O)NCCc1ccccc1. The first kappa shape index (κ1) is 15.2. The number of amides is 1. The Bertz CT molecular complexity index is 406. The van der Waals surface area contributed by atoms with Gasteiger partial charge in [-0.25, -0.2) is 0 Å². The molecule has 0 aromatic heterocycles. The van der Waals surface area contributed by atoms with Crippen molar-refractivity contribution < 1.29 is 14.3 Å². The molecule has 0 atom stereocenters. The minimum Gasteiger partial charge on any atom is -0.468 e. The van der Waals surface area contributed by atoms with Crippen LogP contribution in [0.1, 0.15) is 5.56 Å². The molecule has 0 saturated carbocycles. The van der Waals surface area contributed by atoms with Gasteiger partial charge in [0.1, 0.15) is 0 Å². The Kier molecular flexibility index (Phi) is 6.60. The van der Waals surface area contributed by atoms with Crippen molar-refractivity contribution in [3.05, 3.63) is 35.9 Å². The van der Waals surface area contributed by atoms with Crippen molar-refractivity contribution >= 4 is 11.9 Å². The van der Waals surface area contributed by atoms with Crippen LogP contribution in [-0.4, -0.2) is 50.6 Å². The molecule has 1 aromatic rings. The molecule has 5 nitrogen and oxygen atoms in total. The van der Waals surface area contributed by atoms with E-state index in [0.717, 1.165) is 6.42 Å². The van der Waals surface area contributed by atoms with Crippen molar-refractivity contribution in [1.82, 2.24) is 10.2 Å². The van der Waals surface area contributed by atoms with Crippen LogP contribution in [0.25, 0.3) is 0 Å². The molecule has 0 radical (unpaired) electrons. The van der Waals surface area contributed by atoms with Crippen LogP contribution in [0.5, 0.6) is 0 Å². The number of hydrogen-bond donors (Lipinski definition) is 1. The fourth-order valence-electron chi connectivity index (χ4n) is 1.63. The third-order valence-electron chi connectivity index (χ3n) is 2.62. The van der Waals surface area contributed by atoms with E-state index in [1.54, 1.807) is 11.9 Å². The van der Waals surface area contributed by atoms with Gasteiger partial charge in [-0.15, -0.1) is 0 Å². The molecule has 5 heteroatoms. The van der Waals surface area contributed by atoms with E-state index in [4.69, 9.17) is 0 Å². The molecular formula is C14H20N2O3. The van der Waals surface area contributed by atoms with Crippen molar-refractivity contribution in [3.63, 3.8) is 0 Å². The standard InChI is InChI=1S/C14H20N2O3/c1-16(11-14(18)19-2)10-13(17)15-9-8-12-6-4-3-5-7-12/h3-7H,8-11H2,1-2H3,(H,15,17). The second-order valence-electron chi connectivity index (χ2n) is 4.33. The number of esters is 1. The number of carbonyl (C=O) groups excluding carboxylic acids is 2. The van der Waals surface area contributed by atoms with Crippen LogP contribution in [0.2, 0.25) is 0 Å². The summed E-state index contributed by atoms with van der Waals surface area (Å²) >= 11 is 0. The number of nitrogens with zero attached hydrogens (tertiary/aromatic N) is 1. The van der Waals surface area contributed by atoms with Gasteiger partial charge in [0.25, 0.3) is 0 Å². The summed E-state index contributed by atoms with van der Waals surface area (Å²) in [5.41, 5.74) is 1.19. The molecule has 1 rings (SSSR count). The van der Waals surface area contributed by atoms with Crippen LogP contribution in [0.3, 0.4) is 0 Å². The summed E-state index contributed by atoms with van der Waals surface area (Å²) in [6.07, 6.45) is 0.799. The molecule has 0 heterocycles. The van der Waals surface area contributed by atoms with Gasteiger partial charge in [0, 0.05) is 6.54 Å². The molecule has 0 spiro atoms. The van der Waals surface area contributed by atoms with Crippen molar-refractivity contribution in [2.45, 2.75) is 6.42 Å². The molecule has 0 aliphatic carbocycles. The van der Waals surface area contributed by atoms with Gasteiger partial charge < -0.3 is 10.1 Å². The average Bonchev–Trinajstić information content (AvgIpc) is 2.39. The smallest absolute Gasteiger partial charge is 0.319 e. The molecule has 1 aromatic carbocycles. The number of benzene rings is 1. The first-order valence-electron chi connectivity index (χ1n) is 6.18. The van der Waals surface area contributed by atoms with Crippen molar-refractivity contribution in [1.29, 1.82) is 0 Å². The highest BCUT2D eigenvalue weighted by Gasteiger charge is 2.10. The average molecular weight is 264 g/mol. The lowest BCUT2D eigenvalue weighted by atomic mass is 10.1. The van der Waals surface area contributed by atoms with Gasteiger partial charge in [-0.1, -0.05) is 30.3 Å². The maximum atomic E-state index is 11.6. The molecular weight excluding hydrogens is 244 g/mol. The first-order valence-corrected chi connectivity index (χ1v) is 6.18. The van der Waals surface area contributed by atoms with Gasteiger partial charge >= 0.3 is 5.97 Å². The van der Waals surface area contributed by atoms with Crippen molar-refractivity contribution in [2.75, 3.05) is 33.8 Å². The highest BCUT2D eigenvalue weighted by Crippen LogP contribution is 1.98. The summed E-state index contributed by atoms with van der Waals surface area (Å²) in [6, 6.07) is 9.96. The topological polar surface area (TPSA) is 58.6 Å². The third kappa shape index (κ3) is 6.57. The minimum atomic E-state index is -0.348. The van der Waals surface area contributed by atoms with E-state index in [1.807, 2.05) is 30.3 Å². The largest absolute Gasteiger partial charge is 0.468 e. The molecule has 0 bridgehead atoms. The second kappa shape index (κ2) is 8.26.